The fraction of sp³-hybridized carbons (Fsp3) is 1.00. The van der Waals surface area contributed by atoms with Gasteiger partial charge in [-0.05, 0) is 32.6 Å². The summed E-state index contributed by atoms with van der Waals surface area (Å²) >= 11 is 0. The first-order valence-electron chi connectivity index (χ1n) is 5.66. The molecule has 1 rings (SSSR count). The lowest BCUT2D eigenvalue weighted by molar-refractivity contribution is -0.174. The smallest absolute Gasteiger partial charge is 0.155 e. The Balaban J connectivity index is 2.06. The molecule has 0 bridgehead atoms. The molecule has 4 nitrogen and oxygen atoms in total. The Morgan fingerprint density at radius 2 is 1.87 bits per heavy atom. The van der Waals surface area contributed by atoms with E-state index in [1.54, 1.807) is 7.11 Å². The molecule has 1 N–H and O–H groups in total. The topological polar surface area (TPSA) is 47.9 Å². The average molecular weight is 218 g/mol. The number of hydrogen-bond donors (Lipinski definition) is 1. The highest BCUT2D eigenvalue weighted by atomic mass is 16.7. The predicted molar refractivity (Wildman–Crippen MR) is 56.6 cm³/mol. The lowest BCUT2D eigenvalue weighted by Crippen LogP contribution is -2.29. The summed E-state index contributed by atoms with van der Waals surface area (Å²) in [6.45, 7) is 3.06. The number of rotatable bonds is 6. The zero-order valence-electron chi connectivity index (χ0n) is 9.65. The maximum Gasteiger partial charge on any atom is 0.155 e. The first-order chi connectivity index (χ1) is 7.22. The van der Waals surface area contributed by atoms with E-state index in [-0.39, 0.29) is 18.5 Å². The molecule has 0 amide bonds. The van der Waals surface area contributed by atoms with Gasteiger partial charge in [-0.25, -0.2) is 0 Å². The van der Waals surface area contributed by atoms with Gasteiger partial charge in [0, 0.05) is 7.11 Å². The standard InChI is InChI=1S/C11H22O4/c1-9(14-8-7-13-2)15-11-5-3-10(12)4-6-11/h9-12H,3-8H2,1-2H3. The normalized spacial score (nSPS) is 29.0. The van der Waals surface area contributed by atoms with Gasteiger partial charge < -0.3 is 19.3 Å². The number of methoxy groups -OCH3 is 1. The van der Waals surface area contributed by atoms with E-state index in [4.69, 9.17) is 14.2 Å². The maximum absolute atomic E-state index is 9.33. The lowest BCUT2D eigenvalue weighted by Gasteiger charge is -2.28. The molecule has 1 unspecified atom stereocenters. The third kappa shape index (κ3) is 5.47. The number of ether oxygens (including phenoxy) is 3. The van der Waals surface area contributed by atoms with E-state index in [1.807, 2.05) is 6.92 Å². The van der Waals surface area contributed by atoms with Crippen molar-refractivity contribution in [2.24, 2.45) is 0 Å². The van der Waals surface area contributed by atoms with Gasteiger partial charge in [-0.2, -0.15) is 0 Å². The van der Waals surface area contributed by atoms with E-state index in [9.17, 15) is 5.11 Å². The van der Waals surface area contributed by atoms with Gasteiger partial charge >= 0.3 is 0 Å². The molecule has 0 aliphatic heterocycles. The first kappa shape index (κ1) is 12.9. The molecule has 0 aromatic carbocycles. The second-order valence-corrected chi connectivity index (χ2v) is 4.00. The number of aliphatic hydroxyl groups excluding tert-OH is 1. The summed E-state index contributed by atoms with van der Waals surface area (Å²) in [7, 11) is 1.65. The van der Waals surface area contributed by atoms with Crippen molar-refractivity contribution in [3.05, 3.63) is 0 Å². The van der Waals surface area contributed by atoms with Crippen LogP contribution < -0.4 is 0 Å². The van der Waals surface area contributed by atoms with Crippen LogP contribution >= 0.6 is 0 Å². The summed E-state index contributed by atoms with van der Waals surface area (Å²) in [5.41, 5.74) is 0. The van der Waals surface area contributed by atoms with Crippen LogP contribution in [0.5, 0.6) is 0 Å². The van der Waals surface area contributed by atoms with Crippen molar-refractivity contribution in [1.82, 2.24) is 0 Å². The Kier molecular flexibility index (Phi) is 6.17. The van der Waals surface area contributed by atoms with Crippen LogP contribution in [-0.4, -0.2) is 43.9 Å². The van der Waals surface area contributed by atoms with Crippen LogP contribution in [0.4, 0.5) is 0 Å². The minimum absolute atomic E-state index is 0.130. The van der Waals surface area contributed by atoms with Crippen LogP contribution in [0.15, 0.2) is 0 Å². The Morgan fingerprint density at radius 1 is 1.20 bits per heavy atom. The molecular weight excluding hydrogens is 196 g/mol. The van der Waals surface area contributed by atoms with Crippen LogP contribution in [0.2, 0.25) is 0 Å². The predicted octanol–water partition coefficient (Wildman–Crippen LogP) is 1.32. The summed E-state index contributed by atoms with van der Waals surface area (Å²) in [5.74, 6) is 0. The summed E-state index contributed by atoms with van der Waals surface area (Å²) in [6.07, 6.45) is 3.48. The highest BCUT2D eigenvalue weighted by Crippen LogP contribution is 2.22. The van der Waals surface area contributed by atoms with E-state index in [0.717, 1.165) is 25.7 Å². The highest BCUT2D eigenvalue weighted by molar-refractivity contribution is 4.71. The Hall–Kier alpha value is -0.160. The van der Waals surface area contributed by atoms with Gasteiger partial charge in [-0.3, -0.25) is 0 Å². The molecule has 1 saturated carbocycles. The second-order valence-electron chi connectivity index (χ2n) is 4.00. The van der Waals surface area contributed by atoms with E-state index in [2.05, 4.69) is 0 Å². The zero-order chi connectivity index (χ0) is 11.1. The molecule has 15 heavy (non-hydrogen) atoms. The van der Waals surface area contributed by atoms with Gasteiger partial charge in [-0.1, -0.05) is 0 Å². The molecule has 1 fully saturated rings. The molecule has 1 aliphatic carbocycles. The Bertz CT molecular complexity index is 155. The molecule has 0 aromatic rings. The zero-order valence-corrected chi connectivity index (χ0v) is 9.65. The summed E-state index contributed by atoms with van der Waals surface area (Å²) in [4.78, 5) is 0. The average Bonchev–Trinajstić information content (AvgIpc) is 2.22. The molecule has 90 valence electrons. The van der Waals surface area contributed by atoms with Crippen molar-refractivity contribution in [3.8, 4) is 0 Å². The van der Waals surface area contributed by atoms with E-state index < -0.39 is 0 Å². The van der Waals surface area contributed by atoms with Gasteiger partial charge in [0.25, 0.3) is 0 Å². The largest absolute Gasteiger partial charge is 0.393 e. The highest BCUT2D eigenvalue weighted by Gasteiger charge is 2.21. The maximum atomic E-state index is 9.33. The van der Waals surface area contributed by atoms with Crippen molar-refractivity contribution in [3.63, 3.8) is 0 Å². The van der Waals surface area contributed by atoms with E-state index in [0.29, 0.717) is 13.2 Å². The van der Waals surface area contributed by atoms with Crippen molar-refractivity contribution in [2.45, 2.75) is 51.1 Å². The molecular formula is C11H22O4. The monoisotopic (exact) mass is 218 g/mol. The molecule has 0 spiro atoms. The van der Waals surface area contributed by atoms with E-state index >= 15 is 0 Å². The minimum Gasteiger partial charge on any atom is -0.393 e. The van der Waals surface area contributed by atoms with Gasteiger partial charge in [0.15, 0.2) is 6.29 Å². The van der Waals surface area contributed by atoms with Crippen LogP contribution in [0, 0.1) is 0 Å². The molecule has 0 aromatic heterocycles. The fourth-order valence-electron chi connectivity index (χ4n) is 1.79. The van der Waals surface area contributed by atoms with Gasteiger partial charge in [0.1, 0.15) is 0 Å². The van der Waals surface area contributed by atoms with Crippen LogP contribution in [0.25, 0.3) is 0 Å². The third-order valence-electron chi connectivity index (χ3n) is 2.67. The minimum atomic E-state index is -0.180. The van der Waals surface area contributed by atoms with Gasteiger partial charge in [0.2, 0.25) is 0 Å². The third-order valence-corrected chi connectivity index (χ3v) is 2.67. The number of hydrogen-bond acceptors (Lipinski definition) is 4. The molecule has 0 heterocycles. The van der Waals surface area contributed by atoms with Gasteiger partial charge in [-0.15, -0.1) is 0 Å². The van der Waals surface area contributed by atoms with Crippen LogP contribution in [0.3, 0.4) is 0 Å². The molecule has 0 radical (unpaired) electrons. The van der Waals surface area contributed by atoms with Crippen molar-refractivity contribution in [1.29, 1.82) is 0 Å². The van der Waals surface area contributed by atoms with Crippen LogP contribution in [0.1, 0.15) is 32.6 Å². The molecule has 4 heteroatoms. The van der Waals surface area contributed by atoms with E-state index in [1.165, 1.54) is 0 Å². The van der Waals surface area contributed by atoms with Crippen LogP contribution in [-0.2, 0) is 14.2 Å². The Labute approximate surface area is 91.5 Å². The SMILES string of the molecule is COCCOC(C)OC1CCC(O)CC1. The molecule has 1 atom stereocenters. The second kappa shape index (κ2) is 7.17. The molecule has 1 aliphatic rings. The van der Waals surface area contributed by atoms with Crippen molar-refractivity contribution >= 4 is 0 Å². The molecule has 0 saturated heterocycles. The quantitative estimate of drug-likeness (QED) is 0.539. The summed E-state index contributed by atoms with van der Waals surface area (Å²) in [5, 5.41) is 9.33. The fourth-order valence-corrected chi connectivity index (χ4v) is 1.79. The van der Waals surface area contributed by atoms with Gasteiger partial charge in [0.05, 0.1) is 25.4 Å². The Morgan fingerprint density at radius 3 is 2.47 bits per heavy atom. The lowest BCUT2D eigenvalue weighted by atomic mass is 9.95. The number of aliphatic hydroxyl groups is 1. The van der Waals surface area contributed by atoms with Crippen molar-refractivity contribution in [2.75, 3.05) is 20.3 Å². The summed E-state index contributed by atoms with van der Waals surface area (Å²) in [6, 6.07) is 0. The summed E-state index contributed by atoms with van der Waals surface area (Å²) < 4.78 is 16.0. The first-order valence-corrected chi connectivity index (χ1v) is 5.66. The van der Waals surface area contributed by atoms with Crippen molar-refractivity contribution < 1.29 is 19.3 Å².